The molecule has 2 N–H and O–H groups in total. The monoisotopic (exact) mass is 326 g/mol. The normalized spacial score (nSPS) is 13.2. The summed E-state index contributed by atoms with van der Waals surface area (Å²) >= 11 is 0. The molecule has 0 aliphatic carbocycles. The Bertz CT molecular complexity index is 692. The number of rotatable bonds is 4. The van der Waals surface area contributed by atoms with E-state index in [9.17, 15) is 9.90 Å². The molecule has 1 unspecified atom stereocenters. The van der Waals surface area contributed by atoms with Gasteiger partial charge in [-0.1, -0.05) is 60.7 Å². The summed E-state index contributed by atoms with van der Waals surface area (Å²) in [5.41, 5.74) is 3.47. The summed E-state index contributed by atoms with van der Waals surface area (Å²) in [6.07, 6.45) is -1.64. The Kier molecular flexibility index (Phi) is 5.71. The van der Waals surface area contributed by atoms with Gasteiger partial charge in [0.1, 0.15) is 17.4 Å². The van der Waals surface area contributed by atoms with E-state index in [2.05, 4.69) is 10.5 Å². The molecular weight excluding hydrogens is 304 g/mol. The zero-order valence-electron chi connectivity index (χ0n) is 14.1. The molecule has 0 aliphatic rings. The van der Waals surface area contributed by atoms with Gasteiger partial charge in [0.2, 0.25) is 0 Å². The van der Waals surface area contributed by atoms with Crippen molar-refractivity contribution in [2.24, 2.45) is 5.10 Å². The molecule has 5 nitrogen and oxygen atoms in total. The van der Waals surface area contributed by atoms with Crippen molar-refractivity contribution in [2.45, 2.75) is 32.5 Å². The Morgan fingerprint density at radius 3 is 2.12 bits per heavy atom. The summed E-state index contributed by atoms with van der Waals surface area (Å²) in [6.45, 7) is 5.31. The fourth-order valence-electron chi connectivity index (χ4n) is 2.09. The summed E-state index contributed by atoms with van der Waals surface area (Å²) in [7, 11) is 0. The van der Waals surface area contributed by atoms with E-state index >= 15 is 0 Å². The molecule has 24 heavy (non-hydrogen) atoms. The van der Waals surface area contributed by atoms with Gasteiger partial charge in [-0.15, -0.1) is 0 Å². The molecule has 0 bridgehead atoms. The zero-order valence-corrected chi connectivity index (χ0v) is 14.1. The summed E-state index contributed by atoms with van der Waals surface area (Å²) in [5, 5.41) is 14.8. The molecule has 126 valence electrons. The topological polar surface area (TPSA) is 70.9 Å². The lowest BCUT2D eigenvalue weighted by atomic mass is 9.99. The van der Waals surface area contributed by atoms with Crippen LogP contribution < -0.4 is 5.43 Å². The minimum absolute atomic E-state index is 0.340. The lowest BCUT2D eigenvalue weighted by Crippen LogP contribution is -2.31. The van der Waals surface area contributed by atoms with Crippen LogP contribution >= 0.6 is 0 Å². The maximum atomic E-state index is 11.8. The number of hydrogen-bond acceptors (Lipinski definition) is 4. The first-order valence-corrected chi connectivity index (χ1v) is 7.72. The predicted molar refractivity (Wildman–Crippen MR) is 93.8 cm³/mol. The van der Waals surface area contributed by atoms with E-state index in [0.717, 1.165) is 0 Å². The van der Waals surface area contributed by atoms with Gasteiger partial charge in [-0.2, -0.15) is 5.10 Å². The van der Waals surface area contributed by atoms with E-state index in [1.54, 1.807) is 32.9 Å². The highest BCUT2D eigenvalue weighted by atomic mass is 16.6. The molecule has 1 amide bonds. The van der Waals surface area contributed by atoms with E-state index < -0.39 is 17.8 Å². The first-order valence-electron chi connectivity index (χ1n) is 7.72. The van der Waals surface area contributed by atoms with E-state index in [1.165, 1.54) is 0 Å². The van der Waals surface area contributed by atoms with Crippen molar-refractivity contribution < 1.29 is 14.6 Å². The van der Waals surface area contributed by atoms with E-state index in [-0.39, 0.29) is 0 Å². The van der Waals surface area contributed by atoms with Gasteiger partial charge in [0.25, 0.3) is 0 Å². The first kappa shape index (κ1) is 17.7. The number of ether oxygens (including phenoxy) is 1. The van der Waals surface area contributed by atoms with Gasteiger partial charge in [-0.3, -0.25) is 0 Å². The quantitative estimate of drug-likeness (QED) is 0.665. The molecule has 2 aromatic carbocycles. The Morgan fingerprint density at radius 1 is 1.04 bits per heavy atom. The van der Waals surface area contributed by atoms with Crippen LogP contribution in [-0.4, -0.2) is 22.5 Å². The van der Waals surface area contributed by atoms with Gasteiger partial charge in [0, 0.05) is 5.56 Å². The molecule has 0 saturated heterocycles. The molecular formula is C19H22N2O3. The van der Waals surface area contributed by atoms with E-state index in [0.29, 0.717) is 16.8 Å². The second-order valence-corrected chi connectivity index (χ2v) is 6.29. The van der Waals surface area contributed by atoms with Crippen molar-refractivity contribution in [3.8, 4) is 0 Å². The Hall–Kier alpha value is -2.66. The minimum atomic E-state index is -0.969. The number of carbonyl (C=O) groups excluding carboxylic acids is 1. The first-order chi connectivity index (χ1) is 11.4. The van der Waals surface area contributed by atoms with Crippen LogP contribution in [0.5, 0.6) is 0 Å². The standard InChI is InChI=1S/C19H22N2O3/c1-19(2,3)24-18(23)21-20-16(14-10-6-4-7-11-14)17(22)15-12-8-5-9-13-15/h4-13,17,22H,1-3H3,(H,21,23). The molecule has 0 aliphatic heterocycles. The summed E-state index contributed by atoms with van der Waals surface area (Å²) in [6, 6.07) is 18.3. The maximum absolute atomic E-state index is 11.8. The van der Waals surface area contributed by atoms with Gasteiger partial charge in [-0.25, -0.2) is 10.2 Å². The van der Waals surface area contributed by atoms with Gasteiger partial charge in [0.05, 0.1) is 0 Å². The fraction of sp³-hybridized carbons (Fsp3) is 0.263. The van der Waals surface area contributed by atoms with Crippen LogP contribution in [0.15, 0.2) is 65.8 Å². The number of hydrazone groups is 1. The maximum Gasteiger partial charge on any atom is 0.428 e. The third-order valence-corrected chi connectivity index (χ3v) is 3.11. The number of aliphatic hydroxyl groups is 1. The number of hydrogen-bond donors (Lipinski definition) is 2. The van der Waals surface area contributed by atoms with Gasteiger partial charge >= 0.3 is 6.09 Å². The van der Waals surface area contributed by atoms with E-state index in [1.807, 2.05) is 48.5 Å². The molecule has 0 radical (unpaired) electrons. The Balaban J connectivity index is 2.27. The van der Waals surface area contributed by atoms with Gasteiger partial charge < -0.3 is 9.84 Å². The largest absolute Gasteiger partial charge is 0.443 e. The second kappa shape index (κ2) is 7.75. The van der Waals surface area contributed by atoms with Crippen LogP contribution in [0.2, 0.25) is 0 Å². The fourth-order valence-corrected chi connectivity index (χ4v) is 2.09. The molecule has 0 fully saturated rings. The van der Waals surface area contributed by atoms with Crippen LogP contribution in [0, 0.1) is 0 Å². The van der Waals surface area contributed by atoms with Crippen LogP contribution in [0.3, 0.4) is 0 Å². The highest BCUT2D eigenvalue weighted by molar-refractivity contribution is 6.04. The summed E-state index contributed by atoms with van der Waals surface area (Å²) < 4.78 is 5.17. The predicted octanol–water partition coefficient (Wildman–Crippen LogP) is 3.65. The number of aliphatic hydroxyl groups excluding tert-OH is 1. The second-order valence-electron chi connectivity index (χ2n) is 6.29. The van der Waals surface area contributed by atoms with Crippen LogP contribution in [-0.2, 0) is 4.74 Å². The molecule has 1 atom stereocenters. The van der Waals surface area contributed by atoms with Crippen LogP contribution in [0.25, 0.3) is 0 Å². The van der Waals surface area contributed by atoms with Gasteiger partial charge in [-0.05, 0) is 26.3 Å². The number of benzene rings is 2. The zero-order chi connectivity index (χ0) is 17.6. The van der Waals surface area contributed by atoms with Crippen molar-refractivity contribution in [3.63, 3.8) is 0 Å². The van der Waals surface area contributed by atoms with Gasteiger partial charge in [0.15, 0.2) is 0 Å². The number of nitrogens with one attached hydrogen (secondary N) is 1. The third kappa shape index (κ3) is 5.21. The molecule has 2 aromatic rings. The Labute approximate surface area is 142 Å². The highest BCUT2D eigenvalue weighted by Gasteiger charge is 2.19. The average Bonchev–Trinajstić information content (AvgIpc) is 2.55. The van der Waals surface area contributed by atoms with Crippen molar-refractivity contribution in [1.82, 2.24) is 5.43 Å². The molecule has 0 spiro atoms. The summed E-state index contributed by atoms with van der Waals surface area (Å²) in [5.74, 6) is 0. The van der Waals surface area contributed by atoms with Crippen molar-refractivity contribution in [1.29, 1.82) is 0 Å². The van der Waals surface area contributed by atoms with Crippen molar-refractivity contribution in [3.05, 3.63) is 71.8 Å². The summed E-state index contributed by atoms with van der Waals surface area (Å²) in [4.78, 5) is 11.8. The molecule has 2 rings (SSSR count). The SMILES string of the molecule is CC(C)(C)OC(=O)NN=C(c1ccccc1)C(O)c1ccccc1. The Morgan fingerprint density at radius 2 is 1.58 bits per heavy atom. The van der Waals surface area contributed by atoms with Crippen LogP contribution in [0.4, 0.5) is 4.79 Å². The smallest absolute Gasteiger partial charge is 0.428 e. The highest BCUT2D eigenvalue weighted by Crippen LogP contribution is 2.19. The lowest BCUT2D eigenvalue weighted by molar-refractivity contribution is 0.0528. The molecule has 0 saturated carbocycles. The number of nitrogens with zero attached hydrogens (tertiary/aromatic N) is 1. The third-order valence-electron chi connectivity index (χ3n) is 3.11. The minimum Gasteiger partial charge on any atom is -0.443 e. The molecule has 0 aromatic heterocycles. The lowest BCUT2D eigenvalue weighted by Gasteiger charge is -2.19. The van der Waals surface area contributed by atoms with Crippen LogP contribution in [0.1, 0.15) is 38.0 Å². The van der Waals surface area contributed by atoms with Crippen molar-refractivity contribution >= 4 is 11.8 Å². The van der Waals surface area contributed by atoms with Crippen molar-refractivity contribution in [2.75, 3.05) is 0 Å². The number of carbonyl (C=O) groups is 1. The average molecular weight is 326 g/mol. The molecule has 5 heteroatoms. The number of amides is 1. The van der Waals surface area contributed by atoms with E-state index in [4.69, 9.17) is 4.74 Å². The molecule has 0 heterocycles.